The standard InChI is InChI=1S/C19H32O/c1-13-9-14(2)11-18(10-13)19(20)17-8-7-15-5-3-4-6-16(15)12-17/h13-18H,3-12H2,1-2H3. The van der Waals surface area contributed by atoms with Gasteiger partial charge in [-0.25, -0.2) is 0 Å². The molecule has 5 atom stereocenters. The Morgan fingerprint density at radius 2 is 1.35 bits per heavy atom. The van der Waals surface area contributed by atoms with E-state index in [0.717, 1.165) is 23.7 Å². The van der Waals surface area contributed by atoms with Crippen molar-refractivity contribution < 1.29 is 4.79 Å². The van der Waals surface area contributed by atoms with Gasteiger partial charge in [-0.15, -0.1) is 0 Å². The van der Waals surface area contributed by atoms with Gasteiger partial charge in [0.05, 0.1) is 0 Å². The van der Waals surface area contributed by atoms with Crippen LogP contribution in [0.2, 0.25) is 0 Å². The molecular weight excluding hydrogens is 244 g/mol. The Balaban J connectivity index is 1.59. The minimum atomic E-state index is 0.402. The summed E-state index contributed by atoms with van der Waals surface area (Å²) in [4.78, 5) is 12.9. The van der Waals surface area contributed by atoms with Crippen molar-refractivity contribution in [1.82, 2.24) is 0 Å². The summed E-state index contributed by atoms with van der Waals surface area (Å²) >= 11 is 0. The minimum Gasteiger partial charge on any atom is -0.299 e. The maximum atomic E-state index is 12.9. The maximum Gasteiger partial charge on any atom is 0.139 e. The number of fused-ring (bicyclic) bond motifs is 1. The first kappa shape index (κ1) is 14.6. The van der Waals surface area contributed by atoms with E-state index in [1.807, 2.05) is 0 Å². The summed E-state index contributed by atoms with van der Waals surface area (Å²) in [7, 11) is 0. The van der Waals surface area contributed by atoms with Gasteiger partial charge in [0.1, 0.15) is 5.78 Å². The van der Waals surface area contributed by atoms with E-state index in [2.05, 4.69) is 13.8 Å². The van der Waals surface area contributed by atoms with Crippen molar-refractivity contribution in [2.75, 3.05) is 0 Å². The van der Waals surface area contributed by atoms with Gasteiger partial charge in [0.2, 0.25) is 0 Å². The molecule has 20 heavy (non-hydrogen) atoms. The van der Waals surface area contributed by atoms with Gasteiger partial charge in [0.25, 0.3) is 0 Å². The van der Waals surface area contributed by atoms with Gasteiger partial charge in [-0.2, -0.15) is 0 Å². The second-order valence-corrected chi connectivity index (χ2v) is 8.33. The van der Waals surface area contributed by atoms with E-state index in [0.29, 0.717) is 17.6 Å². The Labute approximate surface area is 124 Å². The number of carbonyl (C=O) groups is 1. The van der Waals surface area contributed by atoms with Gasteiger partial charge in [0, 0.05) is 11.8 Å². The van der Waals surface area contributed by atoms with Crippen LogP contribution in [0.4, 0.5) is 0 Å². The van der Waals surface area contributed by atoms with Crippen LogP contribution in [0.1, 0.15) is 78.1 Å². The third kappa shape index (κ3) is 3.12. The zero-order chi connectivity index (χ0) is 14.1. The van der Waals surface area contributed by atoms with Crippen molar-refractivity contribution in [3.8, 4) is 0 Å². The molecule has 3 fully saturated rings. The van der Waals surface area contributed by atoms with Crippen LogP contribution in [-0.4, -0.2) is 5.78 Å². The molecule has 1 nitrogen and oxygen atoms in total. The predicted octanol–water partition coefficient (Wildman–Crippen LogP) is 5.23. The molecule has 3 aliphatic rings. The average Bonchev–Trinajstić information content (AvgIpc) is 2.45. The first-order chi connectivity index (χ1) is 9.63. The SMILES string of the molecule is CC1CC(C)CC(C(=O)C2CCC3CCCCC3C2)C1. The molecule has 0 aromatic heterocycles. The van der Waals surface area contributed by atoms with Crippen LogP contribution in [-0.2, 0) is 4.79 Å². The van der Waals surface area contributed by atoms with Crippen molar-refractivity contribution in [2.24, 2.45) is 35.5 Å². The first-order valence-corrected chi connectivity index (χ1v) is 9.17. The number of rotatable bonds is 2. The lowest BCUT2D eigenvalue weighted by Crippen LogP contribution is -2.36. The highest BCUT2D eigenvalue weighted by Crippen LogP contribution is 2.45. The lowest BCUT2D eigenvalue weighted by Gasteiger charge is -2.40. The fourth-order valence-electron chi connectivity index (χ4n) is 5.64. The van der Waals surface area contributed by atoms with Crippen molar-refractivity contribution in [1.29, 1.82) is 0 Å². The fraction of sp³-hybridized carbons (Fsp3) is 0.947. The van der Waals surface area contributed by atoms with Crippen LogP contribution >= 0.6 is 0 Å². The Morgan fingerprint density at radius 3 is 2.05 bits per heavy atom. The smallest absolute Gasteiger partial charge is 0.139 e. The molecular formula is C19H32O. The molecule has 3 saturated carbocycles. The molecule has 3 aliphatic carbocycles. The lowest BCUT2D eigenvalue weighted by atomic mass is 9.64. The molecule has 114 valence electrons. The molecule has 0 aromatic carbocycles. The first-order valence-electron chi connectivity index (χ1n) is 9.17. The van der Waals surface area contributed by atoms with Gasteiger partial charge >= 0.3 is 0 Å². The van der Waals surface area contributed by atoms with E-state index in [4.69, 9.17) is 0 Å². The topological polar surface area (TPSA) is 17.1 Å². The Hall–Kier alpha value is -0.330. The Bertz CT molecular complexity index is 338. The quantitative estimate of drug-likeness (QED) is 0.674. The molecule has 0 N–H and O–H groups in total. The van der Waals surface area contributed by atoms with E-state index in [1.165, 1.54) is 64.2 Å². The highest BCUT2D eigenvalue weighted by molar-refractivity contribution is 5.83. The minimum absolute atomic E-state index is 0.402. The monoisotopic (exact) mass is 276 g/mol. The van der Waals surface area contributed by atoms with Crippen LogP contribution in [0.5, 0.6) is 0 Å². The second-order valence-electron chi connectivity index (χ2n) is 8.33. The van der Waals surface area contributed by atoms with Crippen LogP contribution in [0, 0.1) is 35.5 Å². The van der Waals surface area contributed by atoms with Gasteiger partial charge in [0.15, 0.2) is 0 Å². The largest absolute Gasteiger partial charge is 0.299 e. The zero-order valence-electron chi connectivity index (χ0n) is 13.4. The van der Waals surface area contributed by atoms with Gasteiger partial charge in [-0.3, -0.25) is 4.79 Å². The van der Waals surface area contributed by atoms with Crippen molar-refractivity contribution in [2.45, 2.75) is 78.1 Å². The van der Waals surface area contributed by atoms with Crippen molar-refractivity contribution in [3.63, 3.8) is 0 Å². The summed E-state index contributed by atoms with van der Waals surface area (Å²) < 4.78 is 0. The Kier molecular flexibility index (Phi) is 4.52. The zero-order valence-corrected chi connectivity index (χ0v) is 13.4. The van der Waals surface area contributed by atoms with E-state index in [9.17, 15) is 4.79 Å². The molecule has 1 heteroatoms. The number of hydrogen-bond acceptors (Lipinski definition) is 1. The van der Waals surface area contributed by atoms with E-state index in [1.54, 1.807) is 0 Å². The van der Waals surface area contributed by atoms with Crippen LogP contribution < -0.4 is 0 Å². The summed E-state index contributed by atoms with van der Waals surface area (Å²) in [5.74, 6) is 4.88. The molecule has 0 bridgehead atoms. The molecule has 5 unspecified atom stereocenters. The fourth-order valence-corrected chi connectivity index (χ4v) is 5.64. The molecule has 0 aliphatic heterocycles. The van der Waals surface area contributed by atoms with Gasteiger partial charge in [-0.1, -0.05) is 39.5 Å². The summed E-state index contributed by atoms with van der Waals surface area (Å²) in [6.45, 7) is 4.68. The van der Waals surface area contributed by atoms with E-state index >= 15 is 0 Å². The molecule has 0 amide bonds. The predicted molar refractivity (Wildman–Crippen MR) is 83.5 cm³/mol. The summed E-state index contributed by atoms with van der Waals surface area (Å²) in [5, 5.41) is 0. The number of hydrogen-bond donors (Lipinski definition) is 0. The maximum absolute atomic E-state index is 12.9. The van der Waals surface area contributed by atoms with Crippen molar-refractivity contribution >= 4 is 5.78 Å². The third-order valence-corrected chi connectivity index (χ3v) is 6.52. The highest BCUT2D eigenvalue weighted by Gasteiger charge is 2.38. The number of ketones is 1. The molecule has 0 radical (unpaired) electrons. The number of Topliss-reactive ketones (excluding diaryl/α,β-unsaturated/α-hetero) is 1. The molecule has 3 rings (SSSR count). The summed E-state index contributed by atoms with van der Waals surface area (Å²) in [5.41, 5.74) is 0. The summed E-state index contributed by atoms with van der Waals surface area (Å²) in [6.07, 6.45) is 13.2. The Morgan fingerprint density at radius 1 is 0.700 bits per heavy atom. The van der Waals surface area contributed by atoms with Gasteiger partial charge in [-0.05, 0) is 62.2 Å². The average molecular weight is 276 g/mol. The van der Waals surface area contributed by atoms with Crippen LogP contribution in [0.15, 0.2) is 0 Å². The normalized spacial score (nSPS) is 45.7. The second kappa shape index (κ2) is 6.20. The molecule has 0 spiro atoms. The third-order valence-electron chi connectivity index (χ3n) is 6.52. The van der Waals surface area contributed by atoms with Crippen LogP contribution in [0.25, 0.3) is 0 Å². The lowest BCUT2D eigenvalue weighted by molar-refractivity contribution is -0.131. The van der Waals surface area contributed by atoms with E-state index < -0.39 is 0 Å². The van der Waals surface area contributed by atoms with Crippen LogP contribution in [0.3, 0.4) is 0 Å². The molecule has 0 aromatic rings. The van der Waals surface area contributed by atoms with Gasteiger partial charge < -0.3 is 0 Å². The number of carbonyl (C=O) groups excluding carboxylic acids is 1. The van der Waals surface area contributed by atoms with Crippen molar-refractivity contribution in [3.05, 3.63) is 0 Å². The molecule has 0 saturated heterocycles. The van der Waals surface area contributed by atoms with E-state index in [-0.39, 0.29) is 0 Å². The molecule has 0 heterocycles. The highest BCUT2D eigenvalue weighted by atomic mass is 16.1. The summed E-state index contributed by atoms with van der Waals surface area (Å²) in [6, 6.07) is 0.